The van der Waals surface area contributed by atoms with Crippen molar-refractivity contribution in [3.63, 3.8) is 0 Å². The van der Waals surface area contributed by atoms with E-state index in [2.05, 4.69) is 36.1 Å². The number of carbonyl (C=O) groups excluding carboxylic acids is 1. The zero-order valence-corrected chi connectivity index (χ0v) is 38.8. The van der Waals surface area contributed by atoms with E-state index in [0.29, 0.717) is 55.4 Å². The summed E-state index contributed by atoms with van der Waals surface area (Å²) in [4.78, 5) is 34.8. The highest BCUT2D eigenvalue weighted by atomic mass is 16.7. The number of fused-ring (bicyclic) bond motifs is 4. The molecule has 5 heterocycles. The van der Waals surface area contributed by atoms with Gasteiger partial charge < -0.3 is 38.4 Å². The van der Waals surface area contributed by atoms with E-state index in [0.717, 1.165) is 72.8 Å². The highest BCUT2D eigenvalue weighted by Gasteiger charge is 2.46. The van der Waals surface area contributed by atoms with Gasteiger partial charge in [0, 0.05) is 69.0 Å². The van der Waals surface area contributed by atoms with E-state index in [1.54, 1.807) is 33.1 Å². The van der Waals surface area contributed by atoms with Crippen LogP contribution in [0.2, 0.25) is 0 Å². The topological polar surface area (TPSA) is 126 Å². The number of aliphatic hydroxyl groups is 1. The maximum absolute atomic E-state index is 15.5. The van der Waals surface area contributed by atoms with Crippen molar-refractivity contribution in [2.24, 2.45) is 24.8 Å². The predicted octanol–water partition coefficient (Wildman–Crippen LogP) is 7.43. The minimum atomic E-state index is -0.814. The number of hydrogen-bond donors (Lipinski definition) is 1. The summed E-state index contributed by atoms with van der Waals surface area (Å²) in [6.07, 6.45) is 6.34. The van der Waals surface area contributed by atoms with Crippen LogP contribution in [0.25, 0.3) is 5.69 Å². The van der Waals surface area contributed by atoms with Gasteiger partial charge in [-0.05, 0) is 129 Å². The predicted molar refractivity (Wildman–Crippen MR) is 245 cm³/mol. The zero-order valence-electron chi connectivity index (χ0n) is 38.8. The van der Waals surface area contributed by atoms with Crippen molar-refractivity contribution < 1.29 is 38.3 Å². The second-order valence-electron chi connectivity index (χ2n) is 17.7. The second kappa shape index (κ2) is 19.5. The molecule has 0 radical (unpaired) electrons. The smallest absolute Gasteiger partial charge is 0.289 e. The van der Waals surface area contributed by atoms with E-state index in [1.165, 1.54) is 11.1 Å². The molecule has 1 fully saturated rings. The normalized spacial score (nSPS) is 24.2. The van der Waals surface area contributed by atoms with Crippen LogP contribution in [0.1, 0.15) is 97.5 Å². The molecule has 0 aliphatic carbocycles. The number of amides is 1. The Morgan fingerprint density at radius 1 is 0.859 bits per heavy atom. The van der Waals surface area contributed by atoms with Gasteiger partial charge in [0.2, 0.25) is 6.29 Å². The van der Waals surface area contributed by atoms with E-state index in [-0.39, 0.29) is 47.8 Å². The molecule has 8 rings (SSSR count). The summed E-state index contributed by atoms with van der Waals surface area (Å²) in [5.41, 5.74) is 6.73. The van der Waals surface area contributed by atoms with Crippen molar-refractivity contribution in [2.75, 3.05) is 61.3 Å². The second-order valence-corrected chi connectivity index (χ2v) is 17.7. The van der Waals surface area contributed by atoms with Gasteiger partial charge in [0.25, 0.3) is 11.5 Å². The summed E-state index contributed by atoms with van der Waals surface area (Å²) in [6.45, 7) is 8.89. The number of allylic oxidation sites excluding steroid dienone is 1. The number of benzene rings is 3. The number of carbonyl (C=O) groups is 1. The third kappa shape index (κ3) is 8.31. The molecule has 0 unspecified atom stereocenters. The Morgan fingerprint density at radius 3 is 2.14 bits per heavy atom. The lowest BCUT2D eigenvalue weighted by molar-refractivity contribution is -0.171. The zero-order chi connectivity index (χ0) is 45.2. The lowest BCUT2D eigenvalue weighted by Crippen LogP contribution is -2.48. The number of piperidine rings is 1. The molecule has 344 valence electrons. The molecular formula is C51H66N4O9. The van der Waals surface area contributed by atoms with Crippen molar-refractivity contribution >= 4 is 5.91 Å². The molecule has 1 amide bonds. The molecule has 0 spiro atoms. The highest BCUT2D eigenvalue weighted by Crippen LogP contribution is 2.50. The van der Waals surface area contributed by atoms with Gasteiger partial charge >= 0.3 is 0 Å². The first-order chi connectivity index (χ1) is 31.1. The van der Waals surface area contributed by atoms with E-state index in [1.807, 2.05) is 66.9 Å². The highest BCUT2D eigenvalue weighted by molar-refractivity contribution is 5.92. The van der Waals surface area contributed by atoms with Gasteiger partial charge in [-0.15, -0.1) is 0 Å². The van der Waals surface area contributed by atoms with Gasteiger partial charge in [0.15, 0.2) is 28.8 Å². The Labute approximate surface area is 377 Å². The average molecular weight is 879 g/mol. The number of ether oxygens (including phenoxy) is 6. The van der Waals surface area contributed by atoms with E-state index < -0.39 is 12.2 Å². The van der Waals surface area contributed by atoms with E-state index >= 15 is 4.79 Å². The molecule has 7 atom stereocenters. The summed E-state index contributed by atoms with van der Waals surface area (Å²) in [5, 5.41) is 10.0. The van der Waals surface area contributed by atoms with Gasteiger partial charge in [-0.2, -0.15) is 0 Å². The number of rotatable bonds is 15. The molecule has 64 heavy (non-hydrogen) atoms. The van der Waals surface area contributed by atoms with Crippen molar-refractivity contribution in [1.29, 1.82) is 0 Å². The molecule has 1 saturated heterocycles. The minimum Gasteiger partial charge on any atom is -0.493 e. The van der Waals surface area contributed by atoms with Crippen LogP contribution in [0.5, 0.6) is 23.0 Å². The molecule has 0 saturated carbocycles. The standard InChI is InChI=1S/C51H66N4O9/c1-9-32-30-53-20-18-33-25-43(59-5)45(61-7)27-38(33)41(53)23-35(32)24-42-39-28-46(62-8)44(60-6)26-34(39)19-21-54(42)49(57)47-29-40(37(17-14-22-56)51(64-47)63-10-2)48-31(3)52(4)55(50(48)58)36-15-12-11-13-16-36/h11-13,15-16,25-29,32,35,37,40-42,51,56H,9-10,14,17-24,30H2,1-8H3/t32-,35+,37+,40+,41-,42+,51-/m0/s1. The van der Waals surface area contributed by atoms with Crippen LogP contribution in [0.15, 0.2) is 71.2 Å². The number of methoxy groups -OCH3 is 4. The van der Waals surface area contributed by atoms with Crippen LogP contribution in [0, 0.1) is 24.7 Å². The summed E-state index contributed by atoms with van der Waals surface area (Å²) < 4.78 is 39.8. The number of para-hydroxylation sites is 1. The molecular weight excluding hydrogens is 813 g/mol. The van der Waals surface area contributed by atoms with Gasteiger partial charge in [0.05, 0.1) is 40.2 Å². The molecule has 1 N–H and O–H groups in total. The molecule has 3 aromatic carbocycles. The van der Waals surface area contributed by atoms with Gasteiger partial charge in [0.1, 0.15) is 0 Å². The number of nitrogens with zero attached hydrogens (tertiary/aromatic N) is 4. The fraction of sp³-hybridized carbons (Fsp3) is 0.529. The van der Waals surface area contributed by atoms with E-state index in [4.69, 9.17) is 28.4 Å². The van der Waals surface area contributed by atoms with E-state index in [9.17, 15) is 9.90 Å². The summed E-state index contributed by atoms with van der Waals surface area (Å²) >= 11 is 0. The Morgan fingerprint density at radius 2 is 1.50 bits per heavy atom. The van der Waals surface area contributed by atoms with Crippen LogP contribution in [-0.4, -0.2) is 97.8 Å². The SMILES string of the molecule is CCO[C@H]1OC(C(=O)N2CCc3cc(OC)c(OC)cc3[C@H]2C[C@H]2C[C@H]3c4cc(OC)c(OC)cc4CCN3C[C@@H]2CC)=C[C@@H](c2c(C)n(C)n(-c3ccccc3)c2=O)[C@H]1CCCO. The van der Waals surface area contributed by atoms with Crippen molar-refractivity contribution in [1.82, 2.24) is 19.2 Å². The molecule has 13 heteroatoms. The fourth-order valence-corrected chi connectivity index (χ4v) is 11.3. The Balaban J connectivity index is 1.21. The third-order valence-electron chi connectivity index (χ3n) is 14.6. The van der Waals surface area contributed by atoms with Crippen molar-refractivity contribution in [2.45, 2.75) is 90.0 Å². The van der Waals surface area contributed by atoms with Crippen LogP contribution < -0.4 is 24.5 Å². The number of aliphatic hydroxyl groups excluding tert-OH is 1. The van der Waals surface area contributed by atoms with Gasteiger partial charge in [-0.1, -0.05) is 31.5 Å². The first kappa shape index (κ1) is 45.3. The lowest BCUT2D eigenvalue weighted by atomic mass is 9.72. The number of hydrogen-bond acceptors (Lipinski definition) is 10. The largest absolute Gasteiger partial charge is 0.493 e. The fourth-order valence-electron chi connectivity index (χ4n) is 11.3. The van der Waals surface area contributed by atoms with Crippen LogP contribution >= 0.6 is 0 Å². The Kier molecular flexibility index (Phi) is 13.8. The molecule has 13 nitrogen and oxygen atoms in total. The van der Waals surface area contributed by atoms with Crippen LogP contribution in [0.4, 0.5) is 0 Å². The Hall–Kier alpha value is -5.24. The monoisotopic (exact) mass is 878 g/mol. The Bertz CT molecular complexity index is 2390. The van der Waals surface area contributed by atoms with Crippen LogP contribution in [-0.2, 0) is 34.2 Å². The third-order valence-corrected chi connectivity index (χ3v) is 14.6. The maximum atomic E-state index is 15.5. The summed E-state index contributed by atoms with van der Waals surface area (Å²) in [6, 6.07) is 17.9. The molecule has 0 bridgehead atoms. The first-order valence-electron chi connectivity index (χ1n) is 23.1. The molecule has 4 aromatic rings. The summed E-state index contributed by atoms with van der Waals surface area (Å²) in [7, 11) is 8.57. The van der Waals surface area contributed by atoms with Gasteiger partial charge in [-0.25, -0.2) is 4.68 Å². The van der Waals surface area contributed by atoms with Crippen LogP contribution in [0.3, 0.4) is 0 Å². The first-order valence-corrected chi connectivity index (χ1v) is 23.1. The molecule has 4 aliphatic heterocycles. The maximum Gasteiger partial charge on any atom is 0.289 e. The molecule has 1 aromatic heterocycles. The summed E-state index contributed by atoms with van der Waals surface area (Å²) in [5.74, 6) is 2.56. The lowest BCUT2D eigenvalue weighted by Gasteiger charge is -2.49. The van der Waals surface area contributed by atoms with Crippen molar-refractivity contribution in [3.05, 3.63) is 110 Å². The van der Waals surface area contributed by atoms with Crippen molar-refractivity contribution in [3.8, 4) is 28.7 Å². The minimum absolute atomic E-state index is 0.0193. The average Bonchev–Trinajstić information content (AvgIpc) is 3.55. The number of aromatic nitrogens is 2. The van der Waals surface area contributed by atoms with Gasteiger partial charge in [-0.3, -0.25) is 19.2 Å². The molecule has 4 aliphatic rings. The quantitative estimate of drug-likeness (QED) is 0.129.